The number of aryl methyl sites for hydroxylation is 2. The quantitative estimate of drug-likeness (QED) is 0.840. The van der Waals surface area contributed by atoms with Crippen molar-refractivity contribution in [3.8, 4) is 0 Å². The van der Waals surface area contributed by atoms with Gasteiger partial charge >= 0.3 is 0 Å². The first-order chi connectivity index (χ1) is 10.8. The average Bonchev–Trinajstić information content (AvgIpc) is 3.11. The monoisotopic (exact) mass is 358 g/mol. The highest BCUT2D eigenvalue weighted by atomic mass is 35.5. The molecule has 0 N–H and O–H groups in total. The number of rotatable bonds is 3. The highest BCUT2D eigenvalue weighted by Crippen LogP contribution is 2.38. The molecule has 1 aromatic heterocycles. The van der Waals surface area contributed by atoms with E-state index in [0.717, 1.165) is 6.07 Å². The van der Waals surface area contributed by atoms with Crippen LogP contribution in [0.5, 0.6) is 0 Å². The van der Waals surface area contributed by atoms with Gasteiger partial charge in [0.05, 0.1) is 16.8 Å². The van der Waals surface area contributed by atoms with Crippen molar-refractivity contribution in [1.29, 1.82) is 0 Å². The summed E-state index contributed by atoms with van der Waals surface area (Å²) in [5.74, 6) is -0.0173. The van der Waals surface area contributed by atoms with Gasteiger partial charge in [-0.25, -0.2) is 12.8 Å². The van der Waals surface area contributed by atoms with Gasteiger partial charge in [-0.15, -0.1) is 0 Å². The van der Waals surface area contributed by atoms with Crippen LogP contribution < -0.4 is 0 Å². The number of benzene rings is 1. The maximum atomic E-state index is 13.6. The molecular weight excluding hydrogens is 343 g/mol. The molecule has 2 aromatic rings. The van der Waals surface area contributed by atoms with Gasteiger partial charge in [-0.3, -0.25) is 0 Å². The molecule has 124 valence electrons. The van der Waals surface area contributed by atoms with Gasteiger partial charge < -0.3 is 4.52 Å². The van der Waals surface area contributed by atoms with Crippen LogP contribution in [0.4, 0.5) is 4.39 Å². The predicted molar refractivity (Wildman–Crippen MR) is 83.3 cm³/mol. The molecule has 3 rings (SSSR count). The van der Waals surface area contributed by atoms with Crippen LogP contribution in [0.1, 0.15) is 35.9 Å². The second-order valence-corrected chi connectivity index (χ2v) is 7.94. The van der Waals surface area contributed by atoms with Crippen molar-refractivity contribution in [3.05, 3.63) is 46.1 Å². The summed E-state index contributed by atoms with van der Waals surface area (Å²) in [5, 5.41) is 3.70. The van der Waals surface area contributed by atoms with E-state index in [-0.39, 0.29) is 15.5 Å². The number of hydrogen-bond donors (Lipinski definition) is 0. The molecule has 1 aliphatic heterocycles. The fraction of sp³-hybridized carbons (Fsp3) is 0.400. The van der Waals surface area contributed by atoms with E-state index in [9.17, 15) is 12.8 Å². The van der Waals surface area contributed by atoms with Crippen LogP contribution in [0.15, 0.2) is 27.6 Å². The molecular formula is C15H16ClFN2O3S. The fourth-order valence-electron chi connectivity index (χ4n) is 2.81. The lowest BCUT2D eigenvalue weighted by Crippen LogP contribution is -2.30. The van der Waals surface area contributed by atoms with E-state index >= 15 is 0 Å². The Morgan fingerprint density at radius 1 is 1.35 bits per heavy atom. The van der Waals surface area contributed by atoms with Crippen LogP contribution in [0.25, 0.3) is 0 Å². The van der Waals surface area contributed by atoms with Crippen molar-refractivity contribution in [2.24, 2.45) is 0 Å². The minimum absolute atomic E-state index is 0.0822. The Morgan fingerprint density at radius 3 is 2.74 bits per heavy atom. The van der Waals surface area contributed by atoms with Gasteiger partial charge in [-0.05, 0) is 44.4 Å². The molecule has 2 heterocycles. The lowest BCUT2D eigenvalue weighted by Gasteiger charge is -2.23. The standard InChI is InChI=1S/C15H16ClFN2O3S/c1-9-6-15(11(16)8-12(9)17)23(20,21)19-5-3-4-13(19)14-7-10(2)18-22-14/h6-8,13H,3-5H2,1-2H3. The molecule has 1 atom stereocenters. The number of aromatic nitrogens is 1. The maximum Gasteiger partial charge on any atom is 0.245 e. The number of sulfonamides is 1. The minimum atomic E-state index is -3.85. The number of nitrogens with zero attached hydrogens (tertiary/aromatic N) is 2. The third-order valence-corrected chi connectivity index (χ3v) is 6.35. The van der Waals surface area contributed by atoms with E-state index in [2.05, 4.69) is 5.16 Å². The van der Waals surface area contributed by atoms with Crippen molar-refractivity contribution in [1.82, 2.24) is 9.46 Å². The normalized spacial score (nSPS) is 19.4. The molecule has 1 unspecified atom stereocenters. The molecule has 1 fully saturated rings. The minimum Gasteiger partial charge on any atom is -0.359 e. The molecule has 1 aromatic carbocycles. The van der Waals surface area contributed by atoms with Crippen LogP contribution in [-0.4, -0.2) is 24.4 Å². The highest BCUT2D eigenvalue weighted by Gasteiger charge is 2.39. The van der Waals surface area contributed by atoms with Crippen LogP contribution >= 0.6 is 11.6 Å². The largest absolute Gasteiger partial charge is 0.359 e. The Kier molecular flexibility index (Phi) is 4.20. The van der Waals surface area contributed by atoms with E-state index in [1.54, 1.807) is 13.0 Å². The number of hydrogen-bond acceptors (Lipinski definition) is 4. The molecule has 0 aliphatic carbocycles. The van der Waals surface area contributed by atoms with Gasteiger partial charge in [0.15, 0.2) is 5.76 Å². The van der Waals surface area contributed by atoms with Gasteiger partial charge in [0, 0.05) is 12.6 Å². The van der Waals surface area contributed by atoms with Crippen molar-refractivity contribution < 1.29 is 17.3 Å². The summed E-state index contributed by atoms with van der Waals surface area (Å²) < 4.78 is 46.1. The third-order valence-electron chi connectivity index (χ3n) is 3.98. The van der Waals surface area contributed by atoms with Crippen molar-refractivity contribution in [3.63, 3.8) is 0 Å². The maximum absolute atomic E-state index is 13.6. The Balaban J connectivity index is 2.03. The smallest absolute Gasteiger partial charge is 0.245 e. The van der Waals surface area contributed by atoms with Crippen molar-refractivity contribution >= 4 is 21.6 Å². The van der Waals surface area contributed by atoms with Crippen LogP contribution in [0.2, 0.25) is 5.02 Å². The zero-order valence-corrected chi connectivity index (χ0v) is 14.3. The van der Waals surface area contributed by atoms with Crippen LogP contribution in [0, 0.1) is 19.7 Å². The Labute approximate surface area is 139 Å². The van der Waals surface area contributed by atoms with Crippen LogP contribution in [0.3, 0.4) is 0 Å². The molecule has 1 aliphatic rings. The Hall–Kier alpha value is -1.44. The SMILES string of the molecule is Cc1cc(C2CCCN2S(=O)(=O)c2cc(C)c(F)cc2Cl)on1. The highest BCUT2D eigenvalue weighted by molar-refractivity contribution is 7.89. The van der Waals surface area contributed by atoms with E-state index in [1.165, 1.54) is 17.3 Å². The fourth-order valence-corrected chi connectivity index (χ4v) is 5.05. The summed E-state index contributed by atoms with van der Waals surface area (Å²) in [6.07, 6.45) is 1.35. The first-order valence-corrected chi connectivity index (χ1v) is 9.03. The second kappa shape index (κ2) is 5.89. The zero-order valence-electron chi connectivity index (χ0n) is 12.7. The predicted octanol–water partition coefficient (Wildman–Crippen LogP) is 3.61. The first-order valence-electron chi connectivity index (χ1n) is 7.21. The summed E-state index contributed by atoms with van der Waals surface area (Å²) in [5.41, 5.74) is 0.930. The summed E-state index contributed by atoms with van der Waals surface area (Å²) in [4.78, 5) is -0.0822. The van der Waals surface area contributed by atoms with Gasteiger partial charge in [-0.1, -0.05) is 16.8 Å². The molecule has 5 nitrogen and oxygen atoms in total. The van der Waals surface area contributed by atoms with Gasteiger partial charge in [0.25, 0.3) is 0 Å². The lowest BCUT2D eigenvalue weighted by atomic mass is 10.2. The van der Waals surface area contributed by atoms with Crippen LogP contribution in [-0.2, 0) is 10.0 Å². The Bertz CT molecular complexity index is 850. The summed E-state index contributed by atoms with van der Waals surface area (Å²) in [6.45, 7) is 3.65. The van der Waals surface area contributed by atoms with E-state index in [4.69, 9.17) is 16.1 Å². The van der Waals surface area contributed by atoms with E-state index in [1.807, 2.05) is 0 Å². The molecule has 0 amide bonds. The zero-order chi connectivity index (χ0) is 16.8. The number of halogens is 2. The van der Waals surface area contributed by atoms with E-state index in [0.29, 0.717) is 30.8 Å². The molecule has 1 saturated heterocycles. The summed E-state index contributed by atoms with van der Waals surface area (Å²) in [6, 6.07) is 3.62. The molecule has 0 bridgehead atoms. The Morgan fingerprint density at radius 2 is 2.09 bits per heavy atom. The third kappa shape index (κ3) is 2.88. The molecule has 8 heteroatoms. The molecule has 0 spiro atoms. The topological polar surface area (TPSA) is 63.4 Å². The van der Waals surface area contributed by atoms with Gasteiger partial charge in [0.2, 0.25) is 10.0 Å². The van der Waals surface area contributed by atoms with Gasteiger partial charge in [0.1, 0.15) is 10.7 Å². The average molecular weight is 359 g/mol. The van der Waals surface area contributed by atoms with E-state index < -0.39 is 21.9 Å². The van der Waals surface area contributed by atoms with Gasteiger partial charge in [-0.2, -0.15) is 4.31 Å². The molecule has 0 radical (unpaired) electrons. The molecule has 23 heavy (non-hydrogen) atoms. The lowest BCUT2D eigenvalue weighted by molar-refractivity contribution is 0.297. The summed E-state index contributed by atoms with van der Waals surface area (Å²) in [7, 11) is -3.85. The first kappa shape index (κ1) is 16.4. The summed E-state index contributed by atoms with van der Waals surface area (Å²) >= 11 is 5.98. The molecule has 0 saturated carbocycles. The second-order valence-electron chi connectivity index (χ2n) is 5.68. The van der Waals surface area contributed by atoms with Crippen molar-refractivity contribution in [2.75, 3.05) is 6.54 Å². The van der Waals surface area contributed by atoms with Crippen molar-refractivity contribution in [2.45, 2.75) is 37.6 Å².